The van der Waals surface area contributed by atoms with Crippen molar-refractivity contribution in [3.63, 3.8) is 0 Å². The molecule has 0 unspecified atom stereocenters. The molecule has 0 fully saturated rings. The molecule has 0 radical (unpaired) electrons. The molecule has 1 amide bonds. The van der Waals surface area contributed by atoms with Gasteiger partial charge in [-0.3, -0.25) is 4.79 Å². The van der Waals surface area contributed by atoms with E-state index in [0.29, 0.717) is 18.4 Å². The van der Waals surface area contributed by atoms with Gasteiger partial charge in [-0.05, 0) is 26.0 Å². The molecule has 2 aromatic rings. The fraction of sp³-hybridized carbons (Fsp3) is 0.286. The van der Waals surface area contributed by atoms with Crippen LogP contribution < -0.4 is 10.1 Å². The first-order valence-corrected chi connectivity index (χ1v) is 6.41. The summed E-state index contributed by atoms with van der Waals surface area (Å²) in [4.78, 5) is 11.8. The number of benzene rings is 1. The Morgan fingerprint density at radius 2 is 2.19 bits per heavy atom. The van der Waals surface area contributed by atoms with Gasteiger partial charge in [-0.25, -0.2) is 13.5 Å². The topological polar surface area (TPSA) is 56.2 Å². The van der Waals surface area contributed by atoms with E-state index >= 15 is 0 Å². The second-order valence-electron chi connectivity index (χ2n) is 4.40. The number of aromatic nitrogens is 2. The van der Waals surface area contributed by atoms with E-state index in [1.807, 2.05) is 13.8 Å². The molecule has 0 bridgehead atoms. The highest BCUT2D eigenvalue weighted by atomic mass is 19.1. The van der Waals surface area contributed by atoms with E-state index in [1.54, 1.807) is 10.9 Å². The Bertz CT molecular complexity index is 656. The lowest BCUT2D eigenvalue weighted by atomic mass is 10.3. The Kier molecular flexibility index (Phi) is 4.52. The Morgan fingerprint density at radius 3 is 2.86 bits per heavy atom. The molecule has 0 aliphatic heterocycles. The summed E-state index contributed by atoms with van der Waals surface area (Å²) >= 11 is 0. The molecular formula is C14H15F2N3O2. The van der Waals surface area contributed by atoms with Gasteiger partial charge >= 0.3 is 0 Å². The zero-order valence-corrected chi connectivity index (χ0v) is 11.7. The molecule has 5 nitrogen and oxygen atoms in total. The Morgan fingerprint density at radius 1 is 1.43 bits per heavy atom. The quantitative estimate of drug-likeness (QED) is 0.922. The SMILES string of the molecule is CCn1ncc(C)c1NC(=O)COc1ccc(F)cc1F. The molecule has 0 atom stereocenters. The third-order valence-corrected chi connectivity index (χ3v) is 2.83. The minimum atomic E-state index is -0.849. The van der Waals surface area contributed by atoms with Crippen LogP contribution in [0.15, 0.2) is 24.4 Å². The number of ether oxygens (including phenoxy) is 1. The minimum absolute atomic E-state index is 0.174. The maximum atomic E-state index is 13.4. The van der Waals surface area contributed by atoms with E-state index in [4.69, 9.17) is 4.74 Å². The van der Waals surface area contributed by atoms with Crippen LogP contribution in [0, 0.1) is 18.6 Å². The highest BCUT2D eigenvalue weighted by Crippen LogP contribution is 2.18. The standard InChI is InChI=1S/C14H15F2N3O2/c1-3-19-14(9(2)7-17-19)18-13(20)8-21-12-5-4-10(15)6-11(12)16/h4-7H,3,8H2,1-2H3,(H,18,20). The number of halogens is 2. The fourth-order valence-electron chi connectivity index (χ4n) is 1.79. The molecular weight excluding hydrogens is 280 g/mol. The van der Waals surface area contributed by atoms with E-state index in [1.165, 1.54) is 0 Å². The summed E-state index contributed by atoms with van der Waals surface area (Å²) in [5.74, 6) is -1.60. The summed E-state index contributed by atoms with van der Waals surface area (Å²) in [6, 6.07) is 2.90. The second kappa shape index (κ2) is 6.34. The lowest BCUT2D eigenvalue weighted by molar-refractivity contribution is -0.118. The molecule has 21 heavy (non-hydrogen) atoms. The van der Waals surface area contributed by atoms with Crippen molar-refractivity contribution in [1.82, 2.24) is 9.78 Å². The molecule has 1 aromatic heterocycles. The van der Waals surface area contributed by atoms with Gasteiger partial charge in [0, 0.05) is 18.2 Å². The summed E-state index contributed by atoms with van der Waals surface area (Å²) < 4.78 is 32.8. The minimum Gasteiger partial charge on any atom is -0.481 e. The monoisotopic (exact) mass is 295 g/mol. The lowest BCUT2D eigenvalue weighted by Crippen LogP contribution is -2.22. The van der Waals surface area contributed by atoms with Crippen LogP contribution in [0.2, 0.25) is 0 Å². The summed E-state index contributed by atoms with van der Waals surface area (Å²) in [6.45, 7) is 3.94. The maximum Gasteiger partial charge on any atom is 0.263 e. The molecule has 1 heterocycles. The number of anilines is 1. The van der Waals surface area contributed by atoms with Crippen molar-refractivity contribution in [1.29, 1.82) is 0 Å². The van der Waals surface area contributed by atoms with Gasteiger partial charge < -0.3 is 10.1 Å². The molecule has 2 rings (SSSR count). The summed E-state index contributed by atoms with van der Waals surface area (Å²) in [7, 11) is 0. The molecule has 0 aliphatic rings. The normalized spacial score (nSPS) is 10.5. The van der Waals surface area contributed by atoms with Crippen molar-refractivity contribution in [3.05, 3.63) is 41.6 Å². The van der Waals surface area contributed by atoms with Gasteiger partial charge in [-0.2, -0.15) is 5.10 Å². The summed E-state index contributed by atoms with van der Waals surface area (Å²) in [6.07, 6.45) is 1.64. The Hall–Kier alpha value is -2.44. The van der Waals surface area contributed by atoms with E-state index in [9.17, 15) is 13.6 Å². The van der Waals surface area contributed by atoms with Gasteiger partial charge in [0.05, 0.1) is 6.20 Å². The van der Waals surface area contributed by atoms with Crippen LogP contribution in [0.3, 0.4) is 0 Å². The number of carbonyl (C=O) groups excluding carboxylic acids is 1. The van der Waals surface area contributed by atoms with Crippen LogP contribution >= 0.6 is 0 Å². The zero-order chi connectivity index (χ0) is 15.4. The van der Waals surface area contributed by atoms with Crippen molar-refractivity contribution in [2.75, 3.05) is 11.9 Å². The largest absolute Gasteiger partial charge is 0.481 e. The molecule has 0 spiro atoms. The van der Waals surface area contributed by atoms with Crippen LogP contribution in [0.4, 0.5) is 14.6 Å². The molecule has 1 N–H and O–H groups in total. The third-order valence-electron chi connectivity index (χ3n) is 2.83. The number of rotatable bonds is 5. The predicted molar refractivity (Wildman–Crippen MR) is 73.1 cm³/mol. The number of aryl methyl sites for hydroxylation is 2. The van der Waals surface area contributed by atoms with Crippen molar-refractivity contribution >= 4 is 11.7 Å². The van der Waals surface area contributed by atoms with Crippen molar-refractivity contribution < 1.29 is 18.3 Å². The van der Waals surface area contributed by atoms with Crippen molar-refractivity contribution in [3.8, 4) is 5.75 Å². The molecule has 112 valence electrons. The first-order chi connectivity index (χ1) is 10.0. The van der Waals surface area contributed by atoms with Gasteiger partial charge in [-0.15, -0.1) is 0 Å². The highest BCUT2D eigenvalue weighted by Gasteiger charge is 2.12. The molecule has 0 saturated heterocycles. The number of hydrogen-bond donors (Lipinski definition) is 1. The lowest BCUT2D eigenvalue weighted by Gasteiger charge is -2.10. The van der Waals surface area contributed by atoms with Crippen LogP contribution in [0.5, 0.6) is 5.75 Å². The first-order valence-electron chi connectivity index (χ1n) is 6.41. The highest BCUT2D eigenvalue weighted by molar-refractivity contribution is 5.91. The van der Waals surface area contributed by atoms with E-state index < -0.39 is 17.5 Å². The molecule has 1 aromatic carbocycles. The Balaban J connectivity index is 1.97. The first kappa shape index (κ1) is 15.0. The summed E-state index contributed by atoms with van der Waals surface area (Å²) in [5, 5.41) is 6.74. The van der Waals surface area contributed by atoms with Gasteiger partial charge in [0.2, 0.25) is 0 Å². The average Bonchev–Trinajstić information content (AvgIpc) is 2.78. The zero-order valence-electron chi connectivity index (χ0n) is 11.7. The van der Waals surface area contributed by atoms with Crippen LogP contribution in [0.1, 0.15) is 12.5 Å². The van der Waals surface area contributed by atoms with E-state index in [2.05, 4.69) is 10.4 Å². The Labute approximate surface area is 120 Å². The fourth-order valence-corrected chi connectivity index (χ4v) is 1.79. The molecule has 7 heteroatoms. The van der Waals surface area contributed by atoms with E-state index in [-0.39, 0.29) is 12.4 Å². The predicted octanol–water partition coefficient (Wildman–Crippen LogP) is 2.51. The van der Waals surface area contributed by atoms with Crippen LogP contribution in [-0.4, -0.2) is 22.3 Å². The van der Waals surface area contributed by atoms with Gasteiger partial charge in [0.25, 0.3) is 5.91 Å². The van der Waals surface area contributed by atoms with Gasteiger partial charge in [-0.1, -0.05) is 0 Å². The third kappa shape index (κ3) is 3.56. The maximum absolute atomic E-state index is 13.4. The number of hydrogen-bond acceptors (Lipinski definition) is 3. The average molecular weight is 295 g/mol. The molecule has 0 saturated carbocycles. The van der Waals surface area contributed by atoms with Gasteiger partial charge in [0.15, 0.2) is 18.2 Å². The summed E-state index contributed by atoms with van der Waals surface area (Å²) in [5.41, 5.74) is 0.818. The number of amides is 1. The van der Waals surface area contributed by atoms with Crippen molar-refractivity contribution in [2.45, 2.75) is 20.4 Å². The van der Waals surface area contributed by atoms with Crippen LogP contribution in [-0.2, 0) is 11.3 Å². The molecule has 0 aliphatic carbocycles. The van der Waals surface area contributed by atoms with E-state index in [0.717, 1.165) is 17.7 Å². The van der Waals surface area contributed by atoms with Crippen LogP contribution in [0.25, 0.3) is 0 Å². The number of carbonyl (C=O) groups is 1. The van der Waals surface area contributed by atoms with Crippen molar-refractivity contribution in [2.24, 2.45) is 0 Å². The smallest absolute Gasteiger partial charge is 0.263 e. The number of nitrogens with zero attached hydrogens (tertiary/aromatic N) is 2. The number of nitrogens with one attached hydrogen (secondary N) is 1. The second-order valence-corrected chi connectivity index (χ2v) is 4.40. The van der Waals surface area contributed by atoms with Gasteiger partial charge in [0.1, 0.15) is 11.6 Å².